The van der Waals surface area contributed by atoms with Crippen LogP contribution < -0.4 is 25.8 Å². The quantitative estimate of drug-likeness (QED) is 0.0126. The van der Waals surface area contributed by atoms with E-state index in [-0.39, 0.29) is 67.9 Å². The van der Waals surface area contributed by atoms with E-state index in [2.05, 4.69) is 10.6 Å². The number of nitrogens with zero attached hydrogens (tertiary/aromatic N) is 1. The van der Waals surface area contributed by atoms with Gasteiger partial charge in [-0.3, -0.25) is 4.79 Å². The Morgan fingerprint density at radius 2 is 1.16 bits per heavy atom. The lowest BCUT2D eigenvalue weighted by Gasteiger charge is -2.29. The molecule has 5 N–H and O–H groups in total. The van der Waals surface area contributed by atoms with Gasteiger partial charge in [-0.2, -0.15) is 8.78 Å². The number of nitrogens with one attached hydrogen (secondary N) is 2. The minimum Gasteiger partial charge on any atom is -0.489 e. The zero-order valence-electron chi connectivity index (χ0n) is 40.6. The summed E-state index contributed by atoms with van der Waals surface area (Å²) in [5, 5.41) is 15.5. The second-order valence-corrected chi connectivity index (χ2v) is 17.2. The molecule has 0 saturated carbocycles. The summed E-state index contributed by atoms with van der Waals surface area (Å²) in [5.74, 6) is -17.2. The number of alkyl carbamates (subject to hydrolysis) is 2. The minimum atomic E-state index is -2.49. The maximum Gasteiger partial charge on any atom is 0.408 e. The second-order valence-electron chi connectivity index (χ2n) is 16.8. The fraction of sp³-hybridized carbons (Fsp3) is 0.241. The van der Waals surface area contributed by atoms with Crippen molar-refractivity contribution in [2.75, 3.05) is 20.7 Å². The van der Waals surface area contributed by atoms with Crippen LogP contribution in [0.15, 0.2) is 127 Å². The smallest absolute Gasteiger partial charge is 0.408 e. The average molecular weight is 1100 g/mol. The molecule has 0 aliphatic rings. The van der Waals surface area contributed by atoms with Crippen LogP contribution in [0.25, 0.3) is 11.1 Å². The van der Waals surface area contributed by atoms with Crippen molar-refractivity contribution in [2.45, 2.75) is 63.3 Å². The Bertz CT molecular complexity index is 2940. The largest absolute Gasteiger partial charge is 0.489 e. The molecule has 0 bridgehead atoms. The van der Waals surface area contributed by atoms with Gasteiger partial charge in [0.15, 0.2) is 0 Å². The zero-order chi connectivity index (χ0) is 54.2. The van der Waals surface area contributed by atoms with Crippen molar-refractivity contribution in [1.82, 2.24) is 15.5 Å². The first-order valence-electron chi connectivity index (χ1n) is 22.9. The van der Waals surface area contributed by atoms with Gasteiger partial charge < -0.3 is 50.1 Å². The van der Waals surface area contributed by atoms with Gasteiger partial charge in [-0.05, 0) is 69.6 Å². The molecule has 76 heavy (non-hydrogen) atoms. The molecule has 0 aromatic heterocycles. The van der Waals surface area contributed by atoms with Crippen molar-refractivity contribution < 1.29 is 74.7 Å². The van der Waals surface area contributed by atoms with Crippen molar-refractivity contribution in [2.24, 2.45) is 5.73 Å². The number of aliphatic hydroxyl groups excluding tert-OH is 1. The number of aliphatic hydroxyl groups is 1. The van der Waals surface area contributed by atoms with Crippen LogP contribution >= 0.6 is 24.0 Å². The zero-order valence-corrected chi connectivity index (χ0v) is 42.2. The molecule has 15 nitrogen and oxygen atoms in total. The summed E-state index contributed by atoms with van der Waals surface area (Å²) in [6.07, 6.45) is -4.45. The number of amides is 3. The van der Waals surface area contributed by atoms with Crippen molar-refractivity contribution in [3.63, 3.8) is 0 Å². The monoisotopic (exact) mass is 1100 g/mol. The molecule has 0 heterocycles. The summed E-state index contributed by atoms with van der Waals surface area (Å²) in [6, 6.07) is 30.9. The van der Waals surface area contributed by atoms with Gasteiger partial charge in [0.2, 0.25) is 40.7 Å². The van der Waals surface area contributed by atoms with Crippen molar-refractivity contribution in [3.8, 4) is 22.6 Å². The fourth-order valence-electron chi connectivity index (χ4n) is 7.46. The Labute approximate surface area is 444 Å². The number of methoxy groups -OCH3 is 1. The number of likely N-dealkylation sites (N-methyl/N-ethyl adjacent to an activating group) is 1. The summed E-state index contributed by atoms with van der Waals surface area (Å²) >= 11 is 6.70. The number of hydrogen-bond acceptors (Lipinski definition) is 12. The van der Waals surface area contributed by atoms with Crippen LogP contribution in [0.3, 0.4) is 0 Å². The number of esters is 2. The van der Waals surface area contributed by atoms with Crippen molar-refractivity contribution in [1.29, 1.82) is 0 Å². The van der Waals surface area contributed by atoms with Gasteiger partial charge in [-0.25, -0.2) is 32.3 Å². The molecule has 0 fully saturated rings. The lowest BCUT2D eigenvalue weighted by atomic mass is 9.95. The van der Waals surface area contributed by atoms with E-state index in [1.54, 1.807) is 103 Å². The predicted molar refractivity (Wildman–Crippen MR) is 270 cm³/mol. The fourth-order valence-corrected chi connectivity index (χ4v) is 7.66. The van der Waals surface area contributed by atoms with Gasteiger partial charge in [-0.15, -0.1) is 12.4 Å². The van der Waals surface area contributed by atoms with Crippen LogP contribution in [-0.2, 0) is 61.3 Å². The first kappa shape index (κ1) is 59.1. The Morgan fingerprint density at radius 3 is 1.71 bits per heavy atom. The molecule has 6 rings (SSSR count). The number of hydrogen-bond donors (Lipinski definition) is 4. The molecule has 0 aliphatic heterocycles. The van der Waals surface area contributed by atoms with E-state index in [1.807, 2.05) is 6.07 Å². The molecule has 0 spiro atoms. The number of carbonyl (C=O) groups excluding carboxylic acids is 5. The Balaban J connectivity index is 0.0000107. The van der Waals surface area contributed by atoms with Crippen LogP contribution in [0.2, 0.25) is 5.02 Å². The molecule has 22 heteroatoms. The molecular formula is C54H51Cl2F5N4O11. The molecule has 0 radical (unpaired) electrons. The highest BCUT2D eigenvalue weighted by molar-refractivity contribution is 6.31. The first-order valence-corrected chi connectivity index (χ1v) is 23.3. The number of nitrogens with two attached hydrogens (primary N) is 1. The minimum absolute atomic E-state index is 0. The van der Waals surface area contributed by atoms with Crippen LogP contribution in [0.4, 0.5) is 31.5 Å². The molecule has 4 atom stereocenters. The second kappa shape index (κ2) is 28.2. The molecule has 3 amide bonds. The van der Waals surface area contributed by atoms with Crippen molar-refractivity contribution >= 4 is 54.0 Å². The van der Waals surface area contributed by atoms with Gasteiger partial charge >= 0.3 is 24.1 Å². The number of rotatable bonds is 22. The normalized spacial score (nSPS) is 12.4. The van der Waals surface area contributed by atoms with E-state index >= 15 is 0 Å². The predicted octanol–water partition coefficient (Wildman–Crippen LogP) is 8.69. The lowest BCUT2D eigenvalue weighted by Crippen LogP contribution is -2.52. The third-order valence-corrected chi connectivity index (χ3v) is 11.9. The number of benzene rings is 6. The summed E-state index contributed by atoms with van der Waals surface area (Å²) in [7, 11) is 2.43. The van der Waals surface area contributed by atoms with Gasteiger partial charge in [0.1, 0.15) is 37.7 Å². The highest BCUT2D eigenvalue weighted by Crippen LogP contribution is 2.33. The number of carbonyl (C=O) groups is 5. The third kappa shape index (κ3) is 16.1. The standard InChI is InChI=1S/C54H50ClF5N4O11.ClH/c1-64(50(66)40(61)26-38(65)27-62-53(69)73-29-32-14-8-4-9-15-32)42(52(68)71-2)25-36-22-34(18-20-39(36)55)35-19-21-43(72-28-31-12-6-3-7-13-31)37(23-35)24-41(63-54(70)74-30-33-16-10-5-11-17-33)51(67)75-49-47(59)45(57)44(56)46(58)48(49)60;/h3-23,38,40-42,65H,24-30,61H2,1-2H3,(H,62,69)(H,63,70);1H/t38-,40-,41-,42-;/m0./s1. The maximum absolute atomic E-state index is 14.9. The van der Waals surface area contributed by atoms with E-state index in [9.17, 15) is 51.0 Å². The van der Waals surface area contributed by atoms with Gasteiger partial charge in [0.05, 0.1) is 19.3 Å². The molecule has 6 aromatic carbocycles. The summed E-state index contributed by atoms with van der Waals surface area (Å²) in [5.41, 5.74) is 9.53. The maximum atomic E-state index is 14.9. The lowest BCUT2D eigenvalue weighted by molar-refractivity contribution is -0.152. The highest BCUT2D eigenvalue weighted by atomic mass is 35.5. The van der Waals surface area contributed by atoms with Crippen LogP contribution in [0.1, 0.15) is 34.2 Å². The summed E-state index contributed by atoms with van der Waals surface area (Å²) in [6.45, 7) is -0.629. The van der Waals surface area contributed by atoms with E-state index < -0.39 is 95.5 Å². The van der Waals surface area contributed by atoms with E-state index in [0.717, 1.165) is 17.6 Å². The Hall–Kier alpha value is -7.78. The Morgan fingerprint density at radius 1 is 0.658 bits per heavy atom. The third-order valence-electron chi connectivity index (χ3n) is 11.5. The highest BCUT2D eigenvalue weighted by Gasteiger charge is 2.34. The molecule has 0 aliphatic carbocycles. The molecule has 402 valence electrons. The van der Waals surface area contributed by atoms with E-state index in [1.165, 1.54) is 25.2 Å². The number of halogens is 7. The molecular weight excluding hydrogens is 1050 g/mol. The average Bonchev–Trinajstić information content (AvgIpc) is 3.42. The van der Waals surface area contributed by atoms with Crippen LogP contribution in [-0.4, -0.2) is 85.0 Å². The summed E-state index contributed by atoms with van der Waals surface area (Å²) < 4.78 is 98.6. The summed E-state index contributed by atoms with van der Waals surface area (Å²) in [4.78, 5) is 67.4. The number of ether oxygens (including phenoxy) is 5. The van der Waals surface area contributed by atoms with Gasteiger partial charge in [-0.1, -0.05) is 115 Å². The molecule has 0 unspecified atom stereocenters. The van der Waals surface area contributed by atoms with Gasteiger partial charge in [0.25, 0.3) is 0 Å². The molecule has 0 saturated heterocycles. The van der Waals surface area contributed by atoms with E-state index in [4.69, 9.17) is 41.0 Å². The molecule has 6 aromatic rings. The Kier molecular flexibility index (Phi) is 21.9. The SMILES string of the molecule is COC(=O)[C@H](Cc1cc(-c2ccc(OCc3ccccc3)c(C[C@H](NC(=O)OCc3ccccc3)C(=O)Oc3c(F)c(F)c(F)c(F)c3F)c2)ccc1Cl)N(C)C(=O)[C@@H](N)C[C@H](O)CNC(=O)OCc1ccccc1.Cl. The van der Waals surface area contributed by atoms with Crippen LogP contribution in [0, 0.1) is 29.1 Å². The van der Waals surface area contributed by atoms with Crippen molar-refractivity contribution in [3.05, 3.63) is 189 Å². The topological polar surface area (TPSA) is 205 Å². The first-order chi connectivity index (χ1) is 35.9. The van der Waals surface area contributed by atoms with Gasteiger partial charge in [0, 0.05) is 31.5 Å². The van der Waals surface area contributed by atoms with E-state index in [0.29, 0.717) is 27.8 Å². The van der Waals surface area contributed by atoms with Crippen LogP contribution in [0.5, 0.6) is 11.5 Å².